The van der Waals surface area contributed by atoms with Gasteiger partial charge in [0.25, 0.3) is 0 Å². The Morgan fingerprint density at radius 3 is 2.80 bits per heavy atom. The van der Waals surface area contributed by atoms with E-state index in [-0.39, 0.29) is 5.41 Å². The summed E-state index contributed by atoms with van der Waals surface area (Å²) in [5.74, 6) is 1.58. The van der Waals surface area contributed by atoms with Crippen molar-refractivity contribution in [2.75, 3.05) is 5.73 Å². The Bertz CT molecular complexity index is 698. The molecule has 1 heterocycles. The number of rotatable bonds is 1. The number of anilines is 1. The lowest BCUT2D eigenvalue weighted by Crippen LogP contribution is -2.31. The Morgan fingerprint density at radius 2 is 2.10 bits per heavy atom. The number of nitrogens with two attached hydrogens (primary N) is 1. The Balaban J connectivity index is 1.86. The SMILES string of the molecule is CC12CCC(c3[nH]c(-c4cccc(N)c4)nc31)C2(C)C. The van der Waals surface area contributed by atoms with Crippen molar-refractivity contribution in [2.45, 2.75) is 44.9 Å². The highest BCUT2D eigenvalue weighted by molar-refractivity contribution is 5.63. The number of hydrogen-bond donors (Lipinski definition) is 2. The summed E-state index contributed by atoms with van der Waals surface area (Å²) in [6, 6.07) is 7.95. The number of imidazole rings is 1. The molecule has 1 fully saturated rings. The molecule has 2 bridgehead atoms. The summed E-state index contributed by atoms with van der Waals surface area (Å²) < 4.78 is 0. The van der Waals surface area contributed by atoms with Crippen molar-refractivity contribution in [1.29, 1.82) is 0 Å². The van der Waals surface area contributed by atoms with Gasteiger partial charge in [0.05, 0.1) is 5.69 Å². The summed E-state index contributed by atoms with van der Waals surface area (Å²) >= 11 is 0. The standard InChI is InChI=1S/C17H21N3/c1-16(2)12-7-8-17(16,3)14-13(12)19-15(20-14)10-5-4-6-11(18)9-10/h4-6,9,12H,7-8,18H2,1-3H3,(H,19,20). The first-order chi connectivity index (χ1) is 9.43. The maximum Gasteiger partial charge on any atom is 0.137 e. The first-order valence-corrected chi connectivity index (χ1v) is 7.40. The fraction of sp³-hybridized carbons (Fsp3) is 0.471. The van der Waals surface area contributed by atoms with E-state index in [0.717, 1.165) is 17.1 Å². The lowest BCUT2D eigenvalue weighted by Gasteiger charge is -2.34. The molecular formula is C17H21N3. The van der Waals surface area contributed by atoms with Crippen LogP contribution in [0.3, 0.4) is 0 Å². The third-order valence-corrected chi connectivity index (χ3v) is 5.99. The zero-order valence-electron chi connectivity index (χ0n) is 12.3. The molecule has 2 atom stereocenters. The Labute approximate surface area is 119 Å². The van der Waals surface area contributed by atoms with Crippen LogP contribution in [0.4, 0.5) is 5.69 Å². The van der Waals surface area contributed by atoms with Crippen molar-refractivity contribution in [1.82, 2.24) is 9.97 Å². The molecule has 0 saturated heterocycles. The van der Waals surface area contributed by atoms with Gasteiger partial charge in [-0.3, -0.25) is 0 Å². The van der Waals surface area contributed by atoms with Gasteiger partial charge in [0, 0.05) is 28.3 Å². The Morgan fingerprint density at radius 1 is 1.30 bits per heavy atom. The molecule has 104 valence electrons. The van der Waals surface area contributed by atoms with Crippen molar-refractivity contribution in [2.24, 2.45) is 5.41 Å². The van der Waals surface area contributed by atoms with Crippen LogP contribution in [0.15, 0.2) is 24.3 Å². The van der Waals surface area contributed by atoms with Crippen LogP contribution >= 0.6 is 0 Å². The molecule has 3 heteroatoms. The van der Waals surface area contributed by atoms with E-state index >= 15 is 0 Å². The number of benzene rings is 1. The highest BCUT2D eigenvalue weighted by Crippen LogP contribution is 2.67. The van der Waals surface area contributed by atoms with Gasteiger partial charge in [-0.25, -0.2) is 4.98 Å². The number of nitrogens with zero attached hydrogens (tertiary/aromatic N) is 1. The van der Waals surface area contributed by atoms with Crippen molar-refractivity contribution >= 4 is 5.69 Å². The van der Waals surface area contributed by atoms with Crippen LogP contribution in [-0.4, -0.2) is 9.97 Å². The topological polar surface area (TPSA) is 54.7 Å². The predicted octanol–water partition coefficient (Wildman–Crippen LogP) is 3.83. The molecule has 1 saturated carbocycles. The molecular weight excluding hydrogens is 246 g/mol. The molecule has 2 aliphatic carbocycles. The van der Waals surface area contributed by atoms with Gasteiger partial charge in [-0.1, -0.05) is 32.9 Å². The highest BCUT2D eigenvalue weighted by atomic mass is 15.0. The van der Waals surface area contributed by atoms with Gasteiger partial charge in [0.1, 0.15) is 5.82 Å². The molecule has 0 spiro atoms. The van der Waals surface area contributed by atoms with Gasteiger partial charge in [0.15, 0.2) is 0 Å². The van der Waals surface area contributed by atoms with E-state index in [1.807, 2.05) is 18.2 Å². The zero-order chi connectivity index (χ0) is 14.1. The van der Waals surface area contributed by atoms with Crippen molar-refractivity contribution < 1.29 is 0 Å². The lowest BCUT2D eigenvalue weighted by atomic mass is 9.70. The van der Waals surface area contributed by atoms with Gasteiger partial charge in [-0.2, -0.15) is 0 Å². The van der Waals surface area contributed by atoms with Gasteiger partial charge in [0.2, 0.25) is 0 Å². The number of aromatic nitrogens is 2. The van der Waals surface area contributed by atoms with Gasteiger partial charge >= 0.3 is 0 Å². The van der Waals surface area contributed by atoms with E-state index in [9.17, 15) is 0 Å². The van der Waals surface area contributed by atoms with Crippen LogP contribution in [0.5, 0.6) is 0 Å². The first kappa shape index (κ1) is 12.0. The smallest absolute Gasteiger partial charge is 0.137 e. The fourth-order valence-electron chi connectivity index (χ4n) is 4.31. The molecule has 0 aliphatic heterocycles. The normalized spacial score (nSPS) is 29.6. The minimum atomic E-state index is 0.210. The number of H-pyrrole nitrogens is 1. The van der Waals surface area contributed by atoms with E-state index in [1.165, 1.54) is 24.2 Å². The molecule has 3 N–H and O–H groups in total. The molecule has 2 unspecified atom stereocenters. The van der Waals surface area contributed by atoms with Crippen LogP contribution < -0.4 is 5.73 Å². The molecule has 4 rings (SSSR count). The summed E-state index contributed by atoms with van der Waals surface area (Å²) in [7, 11) is 0. The van der Waals surface area contributed by atoms with E-state index < -0.39 is 0 Å². The molecule has 20 heavy (non-hydrogen) atoms. The van der Waals surface area contributed by atoms with Crippen molar-refractivity contribution in [3.8, 4) is 11.4 Å². The second kappa shape index (κ2) is 3.46. The quantitative estimate of drug-likeness (QED) is 0.771. The number of aromatic amines is 1. The maximum atomic E-state index is 5.88. The third kappa shape index (κ3) is 1.23. The third-order valence-electron chi connectivity index (χ3n) is 5.99. The van der Waals surface area contributed by atoms with Crippen LogP contribution in [0.1, 0.15) is 50.9 Å². The highest BCUT2D eigenvalue weighted by Gasteiger charge is 2.61. The number of nitrogen functional groups attached to an aromatic ring is 1. The molecule has 3 nitrogen and oxygen atoms in total. The second-order valence-corrected chi connectivity index (χ2v) is 7.12. The zero-order valence-corrected chi connectivity index (χ0v) is 12.3. The largest absolute Gasteiger partial charge is 0.399 e. The summed E-state index contributed by atoms with van der Waals surface area (Å²) in [6.07, 6.45) is 2.52. The average molecular weight is 267 g/mol. The number of hydrogen-bond acceptors (Lipinski definition) is 2. The minimum Gasteiger partial charge on any atom is -0.399 e. The Kier molecular flexibility index (Phi) is 2.08. The average Bonchev–Trinajstić information content (AvgIpc) is 2.96. The molecule has 1 aromatic carbocycles. The fourth-order valence-corrected chi connectivity index (χ4v) is 4.31. The molecule has 2 aliphatic rings. The monoisotopic (exact) mass is 267 g/mol. The van der Waals surface area contributed by atoms with E-state index in [4.69, 9.17) is 10.7 Å². The first-order valence-electron chi connectivity index (χ1n) is 7.40. The van der Waals surface area contributed by atoms with Crippen molar-refractivity contribution in [3.05, 3.63) is 35.7 Å². The van der Waals surface area contributed by atoms with Crippen LogP contribution in [-0.2, 0) is 5.41 Å². The number of nitrogens with one attached hydrogen (secondary N) is 1. The van der Waals surface area contributed by atoms with Crippen molar-refractivity contribution in [3.63, 3.8) is 0 Å². The lowest BCUT2D eigenvalue weighted by molar-refractivity contribution is 0.226. The summed E-state index contributed by atoms with van der Waals surface area (Å²) in [5.41, 5.74) is 10.9. The predicted molar refractivity (Wildman–Crippen MR) is 81.5 cm³/mol. The molecule has 0 radical (unpaired) electrons. The van der Waals surface area contributed by atoms with E-state index in [2.05, 4.69) is 31.8 Å². The van der Waals surface area contributed by atoms with Crippen LogP contribution in [0.25, 0.3) is 11.4 Å². The molecule has 1 aromatic heterocycles. The van der Waals surface area contributed by atoms with Gasteiger partial charge in [-0.05, 0) is 30.4 Å². The van der Waals surface area contributed by atoms with Gasteiger partial charge < -0.3 is 10.7 Å². The van der Waals surface area contributed by atoms with Crippen LogP contribution in [0, 0.1) is 5.41 Å². The Hall–Kier alpha value is -1.77. The molecule has 0 amide bonds. The summed E-state index contributed by atoms with van der Waals surface area (Å²) in [4.78, 5) is 8.52. The van der Waals surface area contributed by atoms with E-state index in [0.29, 0.717) is 11.3 Å². The maximum absolute atomic E-state index is 5.88. The second-order valence-electron chi connectivity index (χ2n) is 7.12. The minimum absolute atomic E-state index is 0.210. The van der Waals surface area contributed by atoms with E-state index in [1.54, 1.807) is 0 Å². The van der Waals surface area contributed by atoms with Gasteiger partial charge in [-0.15, -0.1) is 0 Å². The summed E-state index contributed by atoms with van der Waals surface area (Å²) in [5, 5.41) is 0. The number of fused-ring (bicyclic) bond motifs is 5. The van der Waals surface area contributed by atoms with Crippen LogP contribution in [0.2, 0.25) is 0 Å². The summed E-state index contributed by atoms with van der Waals surface area (Å²) in [6.45, 7) is 7.16. The molecule has 2 aromatic rings.